The molecule has 3 rings (SSSR count). The number of aryl methyl sites for hydroxylation is 1. The number of benzene rings is 2. The lowest BCUT2D eigenvalue weighted by atomic mass is 10.2. The highest BCUT2D eigenvalue weighted by Crippen LogP contribution is 2.20. The lowest BCUT2D eigenvalue weighted by molar-refractivity contribution is 0.0992. The van der Waals surface area contributed by atoms with Crippen LogP contribution in [0.4, 0.5) is 11.4 Å². The van der Waals surface area contributed by atoms with Gasteiger partial charge in [-0.1, -0.05) is 18.2 Å². The summed E-state index contributed by atoms with van der Waals surface area (Å²) in [5.74, 6) is 1.39. The van der Waals surface area contributed by atoms with Crippen LogP contribution in [0.15, 0.2) is 65.1 Å². The predicted molar refractivity (Wildman–Crippen MR) is 112 cm³/mol. The number of carbonyl (C=O) groups excluding carboxylic acids is 1. The molecule has 1 aromatic heterocycles. The molecule has 5 heteroatoms. The number of hydrogen-bond donors (Lipinski definition) is 1. The standard InChI is InChI=1S/C23H26N2O3/c1-4-25(5-2)19-12-10-18(11-13-19)24-23(26)22-15-14-20(28-22)16-27-21-9-7-6-8-17(21)3/h6-15H,4-5,16H2,1-3H3,(H,24,26). The van der Waals surface area contributed by atoms with E-state index in [4.69, 9.17) is 9.15 Å². The molecule has 1 amide bonds. The van der Waals surface area contributed by atoms with Crippen LogP contribution < -0.4 is 15.0 Å². The van der Waals surface area contributed by atoms with Gasteiger partial charge in [0.25, 0.3) is 5.91 Å². The molecule has 0 bridgehead atoms. The van der Waals surface area contributed by atoms with E-state index in [1.165, 1.54) is 0 Å². The molecule has 0 aliphatic rings. The molecule has 0 radical (unpaired) electrons. The van der Waals surface area contributed by atoms with Crippen molar-refractivity contribution in [3.8, 4) is 5.75 Å². The quantitative estimate of drug-likeness (QED) is 0.580. The molecule has 146 valence electrons. The summed E-state index contributed by atoms with van der Waals surface area (Å²) in [7, 11) is 0. The second kappa shape index (κ2) is 9.13. The van der Waals surface area contributed by atoms with Gasteiger partial charge in [-0.2, -0.15) is 0 Å². The summed E-state index contributed by atoms with van der Waals surface area (Å²) < 4.78 is 11.4. The van der Waals surface area contributed by atoms with Gasteiger partial charge in [0.2, 0.25) is 0 Å². The molecule has 0 saturated heterocycles. The van der Waals surface area contributed by atoms with E-state index in [1.807, 2.05) is 55.5 Å². The maximum atomic E-state index is 12.4. The van der Waals surface area contributed by atoms with E-state index in [0.29, 0.717) is 5.76 Å². The van der Waals surface area contributed by atoms with Crippen molar-refractivity contribution in [2.75, 3.05) is 23.3 Å². The van der Waals surface area contributed by atoms with Crippen LogP contribution in [0.5, 0.6) is 5.75 Å². The first kappa shape index (κ1) is 19.5. The number of amides is 1. The summed E-state index contributed by atoms with van der Waals surface area (Å²) in [5, 5.41) is 2.86. The highest BCUT2D eigenvalue weighted by molar-refractivity contribution is 6.02. The van der Waals surface area contributed by atoms with Crippen molar-refractivity contribution >= 4 is 17.3 Å². The minimum absolute atomic E-state index is 0.260. The Labute approximate surface area is 165 Å². The van der Waals surface area contributed by atoms with Crippen LogP contribution in [0.1, 0.15) is 35.7 Å². The Morgan fingerprint density at radius 2 is 1.71 bits per heavy atom. The summed E-state index contributed by atoms with van der Waals surface area (Å²) >= 11 is 0. The van der Waals surface area contributed by atoms with Crippen molar-refractivity contribution in [3.05, 3.63) is 77.7 Å². The smallest absolute Gasteiger partial charge is 0.291 e. The molecule has 0 spiro atoms. The van der Waals surface area contributed by atoms with Crippen LogP contribution in [0.3, 0.4) is 0 Å². The Bertz CT molecular complexity index is 912. The molecule has 2 aromatic carbocycles. The third-order valence-corrected chi connectivity index (χ3v) is 4.60. The Kier molecular flexibility index (Phi) is 6.37. The number of hydrogen-bond acceptors (Lipinski definition) is 4. The second-order valence-electron chi connectivity index (χ2n) is 6.49. The number of ether oxygens (including phenoxy) is 1. The molecule has 0 unspecified atom stereocenters. The van der Waals surface area contributed by atoms with Crippen LogP contribution in [-0.4, -0.2) is 19.0 Å². The molecular weight excluding hydrogens is 352 g/mol. The van der Waals surface area contributed by atoms with E-state index < -0.39 is 0 Å². The fourth-order valence-electron chi connectivity index (χ4n) is 2.98. The third-order valence-electron chi connectivity index (χ3n) is 4.60. The Morgan fingerprint density at radius 3 is 2.39 bits per heavy atom. The zero-order valence-electron chi connectivity index (χ0n) is 16.6. The van der Waals surface area contributed by atoms with Crippen LogP contribution in [0, 0.1) is 6.92 Å². The maximum absolute atomic E-state index is 12.4. The molecule has 5 nitrogen and oxygen atoms in total. The summed E-state index contributed by atoms with van der Waals surface area (Å²) in [6.07, 6.45) is 0. The largest absolute Gasteiger partial charge is 0.485 e. The van der Waals surface area contributed by atoms with Gasteiger partial charge in [0.1, 0.15) is 18.1 Å². The molecule has 3 aromatic rings. The number of anilines is 2. The number of rotatable bonds is 8. The first-order chi connectivity index (χ1) is 13.6. The molecule has 0 atom stereocenters. The van der Waals surface area contributed by atoms with Gasteiger partial charge in [-0.15, -0.1) is 0 Å². The highest BCUT2D eigenvalue weighted by Gasteiger charge is 2.12. The normalized spacial score (nSPS) is 10.5. The number of para-hydroxylation sites is 1. The van der Waals surface area contributed by atoms with Crippen LogP contribution >= 0.6 is 0 Å². The van der Waals surface area contributed by atoms with E-state index in [0.717, 1.165) is 35.8 Å². The molecule has 0 fully saturated rings. The minimum Gasteiger partial charge on any atom is -0.485 e. The molecule has 0 saturated carbocycles. The van der Waals surface area contributed by atoms with Gasteiger partial charge in [0, 0.05) is 24.5 Å². The van der Waals surface area contributed by atoms with Gasteiger partial charge >= 0.3 is 0 Å². The SMILES string of the molecule is CCN(CC)c1ccc(NC(=O)c2ccc(COc3ccccc3C)o2)cc1. The zero-order valence-corrected chi connectivity index (χ0v) is 16.6. The van der Waals surface area contributed by atoms with E-state index in [2.05, 4.69) is 24.1 Å². The van der Waals surface area contributed by atoms with Gasteiger partial charge in [-0.25, -0.2) is 0 Å². The fraction of sp³-hybridized carbons (Fsp3) is 0.261. The number of nitrogens with one attached hydrogen (secondary N) is 1. The summed E-state index contributed by atoms with van der Waals surface area (Å²) in [4.78, 5) is 14.7. The maximum Gasteiger partial charge on any atom is 0.291 e. The van der Waals surface area contributed by atoms with Crippen LogP contribution in [0.25, 0.3) is 0 Å². The molecule has 1 N–H and O–H groups in total. The van der Waals surface area contributed by atoms with Crippen molar-refractivity contribution in [3.63, 3.8) is 0 Å². The molecule has 0 aliphatic carbocycles. The first-order valence-corrected chi connectivity index (χ1v) is 9.54. The second-order valence-corrected chi connectivity index (χ2v) is 6.49. The summed E-state index contributed by atoms with van der Waals surface area (Å²) in [5.41, 5.74) is 2.92. The van der Waals surface area contributed by atoms with E-state index in [-0.39, 0.29) is 18.3 Å². The van der Waals surface area contributed by atoms with Crippen LogP contribution in [0.2, 0.25) is 0 Å². The number of carbonyl (C=O) groups is 1. The minimum atomic E-state index is -0.280. The van der Waals surface area contributed by atoms with Gasteiger partial charge in [0.15, 0.2) is 5.76 Å². The Hall–Kier alpha value is -3.21. The van der Waals surface area contributed by atoms with Crippen LogP contribution in [-0.2, 0) is 6.61 Å². The molecule has 1 heterocycles. The fourth-order valence-corrected chi connectivity index (χ4v) is 2.98. The Morgan fingerprint density at radius 1 is 1.00 bits per heavy atom. The zero-order chi connectivity index (χ0) is 19.9. The van der Waals surface area contributed by atoms with Crippen molar-refractivity contribution in [2.24, 2.45) is 0 Å². The number of furan rings is 1. The van der Waals surface area contributed by atoms with Crippen molar-refractivity contribution < 1.29 is 13.9 Å². The molecule has 28 heavy (non-hydrogen) atoms. The summed E-state index contributed by atoms with van der Waals surface area (Å²) in [6, 6.07) is 19.0. The van der Waals surface area contributed by atoms with Gasteiger partial charge in [0.05, 0.1) is 0 Å². The van der Waals surface area contributed by atoms with Crippen molar-refractivity contribution in [1.29, 1.82) is 0 Å². The topological polar surface area (TPSA) is 54.7 Å². The van der Waals surface area contributed by atoms with Crippen molar-refractivity contribution in [1.82, 2.24) is 0 Å². The average molecular weight is 378 g/mol. The molecular formula is C23H26N2O3. The van der Waals surface area contributed by atoms with E-state index in [9.17, 15) is 4.79 Å². The lowest BCUT2D eigenvalue weighted by Crippen LogP contribution is -2.21. The van der Waals surface area contributed by atoms with Gasteiger partial charge in [-0.05, 0) is 68.8 Å². The van der Waals surface area contributed by atoms with E-state index in [1.54, 1.807) is 12.1 Å². The van der Waals surface area contributed by atoms with Crippen molar-refractivity contribution in [2.45, 2.75) is 27.4 Å². The Balaban J connectivity index is 1.59. The predicted octanol–water partition coefficient (Wildman–Crippen LogP) is 5.27. The van der Waals surface area contributed by atoms with Gasteiger partial charge in [-0.3, -0.25) is 4.79 Å². The lowest BCUT2D eigenvalue weighted by Gasteiger charge is -2.21. The average Bonchev–Trinajstić information content (AvgIpc) is 3.19. The van der Waals surface area contributed by atoms with E-state index >= 15 is 0 Å². The molecule has 0 aliphatic heterocycles. The number of nitrogens with zero attached hydrogens (tertiary/aromatic N) is 1. The first-order valence-electron chi connectivity index (χ1n) is 9.54. The third kappa shape index (κ3) is 4.74. The monoisotopic (exact) mass is 378 g/mol. The summed E-state index contributed by atoms with van der Waals surface area (Å²) in [6.45, 7) is 8.40. The highest BCUT2D eigenvalue weighted by atomic mass is 16.5. The van der Waals surface area contributed by atoms with Gasteiger partial charge < -0.3 is 19.4 Å².